The number of amides is 1. The summed E-state index contributed by atoms with van der Waals surface area (Å²) in [6.07, 6.45) is 1.50. The number of sulfonamides is 1. The summed E-state index contributed by atoms with van der Waals surface area (Å²) in [4.78, 5) is 24.6. The monoisotopic (exact) mass is 436 g/mol. The fourth-order valence-electron chi connectivity index (χ4n) is 1.85. The van der Waals surface area contributed by atoms with Crippen LogP contribution in [0.2, 0.25) is 0 Å². The summed E-state index contributed by atoms with van der Waals surface area (Å²) in [6, 6.07) is 8.77. The van der Waals surface area contributed by atoms with E-state index in [0.29, 0.717) is 20.7 Å². The van der Waals surface area contributed by atoms with Crippen molar-refractivity contribution < 1.29 is 27.3 Å². The van der Waals surface area contributed by atoms with Gasteiger partial charge in [-0.15, -0.1) is 4.08 Å². The fraction of sp³-hybridized carbons (Fsp3) is 0.500. The SMILES string of the molecule is CCC(C)SP(=O)(N(C)C(=O)C(=O)OCc1ccccc1)N(C)S(C)(=O)=O. The first-order valence-electron chi connectivity index (χ1n) is 8.15. The van der Waals surface area contributed by atoms with E-state index in [-0.39, 0.29) is 11.9 Å². The highest BCUT2D eigenvalue weighted by Gasteiger charge is 2.44. The van der Waals surface area contributed by atoms with E-state index >= 15 is 0 Å². The van der Waals surface area contributed by atoms with Crippen molar-refractivity contribution in [1.29, 1.82) is 0 Å². The van der Waals surface area contributed by atoms with Crippen molar-refractivity contribution in [3.8, 4) is 0 Å². The highest BCUT2D eigenvalue weighted by atomic mass is 32.7. The van der Waals surface area contributed by atoms with Gasteiger partial charge in [0.25, 0.3) is 0 Å². The normalized spacial score (nSPS) is 15.0. The van der Waals surface area contributed by atoms with Crippen molar-refractivity contribution in [1.82, 2.24) is 8.75 Å². The number of nitrogens with zero attached hydrogens (tertiary/aromatic N) is 2. The quantitative estimate of drug-likeness (QED) is 0.351. The summed E-state index contributed by atoms with van der Waals surface area (Å²) in [7, 11) is -1.60. The summed E-state index contributed by atoms with van der Waals surface area (Å²) in [5.74, 6) is -2.37. The maximum Gasteiger partial charge on any atom is 0.397 e. The minimum Gasteiger partial charge on any atom is -0.454 e. The molecule has 0 N–H and O–H groups in total. The first kappa shape index (κ1) is 23.7. The van der Waals surface area contributed by atoms with E-state index in [1.54, 1.807) is 37.3 Å². The Bertz CT molecular complexity index is 815. The van der Waals surface area contributed by atoms with E-state index in [4.69, 9.17) is 4.74 Å². The molecule has 0 aromatic heterocycles. The lowest BCUT2D eigenvalue weighted by Crippen LogP contribution is -2.37. The van der Waals surface area contributed by atoms with Gasteiger partial charge in [-0.25, -0.2) is 13.2 Å². The number of benzene rings is 1. The zero-order chi connectivity index (χ0) is 20.8. The van der Waals surface area contributed by atoms with Crippen LogP contribution in [0.3, 0.4) is 0 Å². The lowest BCUT2D eigenvalue weighted by Gasteiger charge is -2.33. The van der Waals surface area contributed by atoms with Crippen LogP contribution in [0.4, 0.5) is 0 Å². The van der Waals surface area contributed by atoms with E-state index in [2.05, 4.69) is 0 Å². The molecule has 2 atom stereocenters. The molecule has 2 unspecified atom stereocenters. The lowest BCUT2D eigenvalue weighted by molar-refractivity contribution is -0.158. The number of rotatable bonds is 8. The van der Waals surface area contributed by atoms with Crippen LogP contribution in [0.25, 0.3) is 0 Å². The van der Waals surface area contributed by atoms with Crippen LogP contribution in [0.5, 0.6) is 0 Å². The number of ether oxygens (including phenoxy) is 1. The van der Waals surface area contributed by atoms with Gasteiger partial charge in [0.2, 0.25) is 10.0 Å². The van der Waals surface area contributed by atoms with Crippen molar-refractivity contribution in [2.24, 2.45) is 0 Å². The van der Waals surface area contributed by atoms with E-state index < -0.39 is 28.5 Å². The summed E-state index contributed by atoms with van der Waals surface area (Å²) in [6.45, 7) is -0.468. The molecule has 27 heavy (non-hydrogen) atoms. The average Bonchev–Trinajstić information content (AvgIpc) is 2.63. The van der Waals surface area contributed by atoms with Gasteiger partial charge in [-0.1, -0.05) is 55.6 Å². The highest BCUT2D eigenvalue weighted by molar-refractivity contribution is 8.58. The molecule has 1 amide bonds. The molecule has 1 aromatic rings. The largest absolute Gasteiger partial charge is 0.454 e. The molecular formula is C16H25N2O6PS2. The minimum absolute atomic E-state index is 0.121. The Morgan fingerprint density at radius 1 is 1.22 bits per heavy atom. The molecule has 0 fully saturated rings. The molecular weight excluding hydrogens is 411 g/mol. The van der Waals surface area contributed by atoms with Crippen molar-refractivity contribution in [2.45, 2.75) is 32.1 Å². The summed E-state index contributed by atoms with van der Waals surface area (Å²) in [5, 5.41) is -0.198. The smallest absolute Gasteiger partial charge is 0.397 e. The summed E-state index contributed by atoms with van der Waals surface area (Å²) < 4.78 is 43.6. The van der Waals surface area contributed by atoms with Crippen LogP contribution < -0.4 is 0 Å². The van der Waals surface area contributed by atoms with Gasteiger partial charge >= 0.3 is 18.5 Å². The Hall–Kier alpha value is -1.35. The Labute approximate surface area is 164 Å². The van der Waals surface area contributed by atoms with Crippen LogP contribution in [-0.2, 0) is 35.5 Å². The third-order valence-electron chi connectivity index (χ3n) is 3.79. The second-order valence-electron chi connectivity index (χ2n) is 5.90. The van der Waals surface area contributed by atoms with Crippen molar-refractivity contribution in [2.75, 3.05) is 20.4 Å². The topological polar surface area (TPSA) is 101 Å². The van der Waals surface area contributed by atoms with Gasteiger partial charge in [0, 0.05) is 19.3 Å². The molecule has 0 aliphatic rings. The van der Waals surface area contributed by atoms with Gasteiger partial charge in [0.15, 0.2) is 0 Å². The molecule has 0 spiro atoms. The maximum atomic E-state index is 13.5. The predicted molar refractivity (Wildman–Crippen MR) is 107 cm³/mol. The van der Waals surface area contributed by atoms with Gasteiger partial charge in [-0.3, -0.25) is 14.0 Å². The second kappa shape index (κ2) is 9.73. The van der Waals surface area contributed by atoms with Crippen LogP contribution in [-0.4, -0.2) is 54.6 Å². The van der Waals surface area contributed by atoms with Crippen LogP contribution >= 0.6 is 18.0 Å². The van der Waals surface area contributed by atoms with Crippen molar-refractivity contribution in [3.63, 3.8) is 0 Å². The summed E-state index contributed by atoms with van der Waals surface area (Å²) >= 11 is 0.850. The number of carbonyl (C=O) groups excluding carboxylic acids is 2. The highest BCUT2D eigenvalue weighted by Crippen LogP contribution is 2.65. The molecule has 0 aliphatic heterocycles. The lowest BCUT2D eigenvalue weighted by atomic mass is 10.2. The Balaban J connectivity index is 3.02. The van der Waals surface area contributed by atoms with Gasteiger partial charge < -0.3 is 4.74 Å². The Morgan fingerprint density at radius 2 is 1.78 bits per heavy atom. The minimum atomic E-state index is -3.96. The fourth-order valence-corrected chi connectivity index (χ4v) is 9.60. The number of hydrogen-bond donors (Lipinski definition) is 0. The molecule has 11 heteroatoms. The van der Waals surface area contributed by atoms with Gasteiger partial charge in [-0.05, 0) is 12.0 Å². The number of carbonyl (C=O) groups is 2. The maximum absolute atomic E-state index is 13.5. The standard InChI is InChI=1S/C16H25N2O6PS2/c1-6-13(2)26-25(21,18(4)27(5,22)23)17(3)15(19)16(20)24-12-14-10-8-7-9-11-14/h7-11,13H,6,12H2,1-5H3. The molecule has 1 rings (SSSR count). The van der Waals surface area contributed by atoms with Crippen molar-refractivity contribution >= 4 is 39.9 Å². The van der Waals surface area contributed by atoms with Crippen LogP contribution in [0.1, 0.15) is 25.8 Å². The van der Waals surface area contributed by atoms with Crippen LogP contribution in [0.15, 0.2) is 30.3 Å². The molecule has 0 aliphatic carbocycles. The molecule has 152 valence electrons. The number of likely N-dealkylation sites (N-methyl/N-ethyl adjacent to an activating group) is 1. The molecule has 0 saturated heterocycles. The number of hydrogen-bond acceptors (Lipinski definition) is 7. The van der Waals surface area contributed by atoms with Gasteiger partial charge in [-0.2, -0.15) is 0 Å². The van der Waals surface area contributed by atoms with E-state index in [1.807, 2.05) is 6.92 Å². The third-order valence-corrected chi connectivity index (χ3v) is 12.6. The average molecular weight is 436 g/mol. The zero-order valence-corrected chi connectivity index (χ0v) is 18.5. The first-order chi connectivity index (χ1) is 12.4. The number of esters is 1. The van der Waals surface area contributed by atoms with E-state index in [1.165, 1.54) is 0 Å². The summed E-state index contributed by atoms with van der Waals surface area (Å²) in [5.41, 5.74) is 0.687. The molecule has 0 radical (unpaired) electrons. The molecule has 8 nitrogen and oxygen atoms in total. The van der Waals surface area contributed by atoms with E-state index in [0.717, 1.165) is 31.7 Å². The van der Waals surface area contributed by atoms with Gasteiger partial charge in [0.1, 0.15) is 6.61 Å². The molecule has 1 aromatic carbocycles. The molecule has 0 bridgehead atoms. The predicted octanol–water partition coefficient (Wildman–Crippen LogP) is 2.72. The third kappa shape index (κ3) is 6.34. The van der Waals surface area contributed by atoms with Gasteiger partial charge in [0.05, 0.1) is 6.26 Å². The Morgan fingerprint density at radius 3 is 2.26 bits per heavy atom. The first-order valence-corrected chi connectivity index (χ1v) is 13.1. The zero-order valence-electron chi connectivity index (χ0n) is 16.0. The van der Waals surface area contributed by atoms with E-state index in [9.17, 15) is 22.6 Å². The second-order valence-corrected chi connectivity index (χ2v) is 13.4. The molecule has 0 heterocycles. The Kier molecular flexibility index (Phi) is 8.53. The molecule has 0 saturated carbocycles. The van der Waals surface area contributed by atoms with Crippen molar-refractivity contribution in [3.05, 3.63) is 35.9 Å². The van der Waals surface area contributed by atoms with Crippen LogP contribution in [0, 0.1) is 0 Å².